The van der Waals surface area contributed by atoms with Gasteiger partial charge in [-0.3, -0.25) is 37.3 Å². The zero-order valence-corrected chi connectivity index (χ0v) is 67.8. The van der Waals surface area contributed by atoms with E-state index < -0.39 is 97.5 Å². The number of carbonyl (C=O) groups excluding carboxylic acids is 4. The van der Waals surface area contributed by atoms with Crippen molar-refractivity contribution < 1.29 is 80.2 Å². The number of ether oxygens (including phenoxy) is 4. The summed E-state index contributed by atoms with van der Waals surface area (Å²) in [7, 11) is -9.92. The summed E-state index contributed by atoms with van der Waals surface area (Å²) < 4.78 is 68.8. The maximum atomic E-state index is 13.1. The van der Waals surface area contributed by atoms with E-state index in [1.165, 1.54) is 263 Å². The monoisotopic (exact) mass is 1480 g/mol. The van der Waals surface area contributed by atoms with Crippen molar-refractivity contribution in [2.75, 3.05) is 39.6 Å². The van der Waals surface area contributed by atoms with Gasteiger partial charge in [0.15, 0.2) is 12.2 Å². The van der Waals surface area contributed by atoms with Gasteiger partial charge in [-0.1, -0.05) is 388 Å². The molecule has 0 aliphatic rings. The summed E-state index contributed by atoms with van der Waals surface area (Å²) in [4.78, 5) is 73.1. The molecule has 0 aromatic heterocycles. The second kappa shape index (κ2) is 74.9. The van der Waals surface area contributed by atoms with Gasteiger partial charge in [0.05, 0.1) is 26.4 Å². The normalized spacial score (nSPS) is 14.1. The average Bonchev–Trinajstić information content (AvgIpc) is 0.999. The molecule has 0 spiro atoms. The Balaban J connectivity index is 5.26. The maximum Gasteiger partial charge on any atom is 0.472 e. The van der Waals surface area contributed by atoms with Crippen LogP contribution in [-0.4, -0.2) is 96.7 Å². The molecule has 0 aliphatic carbocycles. The van der Waals surface area contributed by atoms with Gasteiger partial charge in [0, 0.05) is 25.7 Å². The summed E-state index contributed by atoms with van der Waals surface area (Å²) in [5, 5.41) is 10.7. The van der Waals surface area contributed by atoms with Crippen LogP contribution in [0.4, 0.5) is 0 Å². The van der Waals surface area contributed by atoms with E-state index in [9.17, 15) is 43.2 Å². The van der Waals surface area contributed by atoms with Crippen LogP contribution in [0.3, 0.4) is 0 Å². The van der Waals surface area contributed by atoms with Gasteiger partial charge in [0.25, 0.3) is 0 Å². The van der Waals surface area contributed by atoms with Crippen molar-refractivity contribution in [2.45, 2.75) is 457 Å². The summed E-state index contributed by atoms with van der Waals surface area (Å²) in [5.41, 5.74) is 0. The van der Waals surface area contributed by atoms with Crippen LogP contribution in [0, 0.1) is 5.92 Å². The number of hydrogen-bond acceptors (Lipinski definition) is 15. The lowest BCUT2D eigenvalue weighted by Crippen LogP contribution is -2.30. The molecular weight excluding hydrogens is 1320 g/mol. The molecule has 19 heteroatoms. The standard InChI is InChI=1S/C82H160O17P2/c1-6-10-13-16-19-22-25-28-31-33-36-38-41-44-50-55-60-65-79(84)92-71-77(98-81(86)68-63-58-53-46-43-40-37-34-32-29-26-23-20-17-14-11-7-2)73-96-100(88,89)94-69-76(83)70-95-101(90,91)97-74-78(72-93-80(85)66-61-56-51-48-47-49-54-59-64-75(5)9-4)99-82(87)67-62-57-52-45-42-39-35-30-27-24-21-18-15-12-8-3/h75-78,83H,6-74H2,1-5H3,(H,88,89)(H,90,91)/t75?,76-,77-,78-/m1/s1. The minimum Gasteiger partial charge on any atom is -0.462 e. The lowest BCUT2D eigenvalue weighted by molar-refractivity contribution is -0.161. The van der Waals surface area contributed by atoms with Crippen molar-refractivity contribution in [3.05, 3.63) is 0 Å². The van der Waals surface area contributed by atoms with Crippen LogP contribution in [-0.2, 0) is 65.4 Å². The molecule has 0 saturated heterocycles. The summed E-state index contributed by atoms with van der Waals surface area (Å²) >= 11 is 0. The Hall–Kier alpha value is -1.94. The van der Waals surface area contributed by atoms with Crippen LogP contribution in [0.1, 0.15) is 439 Å². The van der Waals surface area contributed by atoms with E-state index in [1.54, 1.807) is 0 Å². The zero-order valence-electron chi connectivity index (χ0n) is 66.1. The number of esters is 4. The second-order valence-electron chi connectivity index (χ2n) is 29.8. The quantitative estimate of drug-likeness (QED) is 0.0222. The van der Waals surface area contributed by atoms with Crippen LogP contribution in [0.25, 0.3) is 0 Å². The number of aliphatic hydroxyl groups excluding tert-OH is 1. The Labute approximate surface area is 619 Å². The Bertz CT molecular complexity index is 1930. The van der Waals surface area contributed by atoms with Gasteiger partial charge in [0.1, 0.15) is 19.3 Å². The Morgan fingerprint density at radius 1 is 0.277 bits per heavy atom. The van der Waals surface area contributed by atoms with Crippen LogP contribution in [0.15, 0.2) is 0 Å². The Morgan fingerprint density at radius 2 is 0.475 bits per heavy atom. The molecule has 0 aromatic carbocycles. The molecule has 6 atom stereocenters. The lowest BCUT2D eigenvalue weighted by Gasteiger charge is -2.21. The van der Waals surface area contributed by atoms with Crippen molar-refractivity contribution in [3.63, 3.8) is 0 Å². The molecule has 0 rings (SSSR count). The molecule has 600 valence electrons. The van der Waals surface area contributed by atoms with E-state index >= 15 is 0 Å². The molecule has 101 heavy (non-hydrogen) atoms. The number of aliphatic hydroxyl groups is 1. The van der Waals surface area contributed by atoms with Crippen LogP contribution >= 0.6 is 15.6 Å². The molecule has 0 aromatic rings. The highest BCUT2D eigenvalue weighted by Gasteiger charge is 2.30. The molecule has 3 N–H and O–H groups in total. The molecule has 0 bridgehead atoms. The van der Waals surface area contributed by atoms with Gasteiger partial charge in [-0.15, -0.1) is 0 Å². The zero-order chi connectivity index (χ0) is 74.1. The first-order valence-electron chi connectivity index (χ1n) is 42.7. The fourth-order valence-corrected chi connectivity index (χ4v) is 14.3. The minimum atomic E-state index is -4.96. The van der Waals surface area contributed by atoms with Crippen molar-refractivity contribution in [1.82, 2.24) is 0 Å². The minimum absolute atomic E-state index is 0.108. The van der Waals surface area contributed by atoms with E-state index in [-0.39, 0.29) is 25.7 Å². The third-order valence-corrected chi connectivity index (χ3v) is 21.5. The van der Waals surface area contributed by atoms with Crippen molar-refractivity contribution in [3.8, 4) is 0 Å². The number of rotatable bonds is 82. The summed E-state index contributed by atoms with van der Waals surface area (Å²) in [5.74, 6) is -1.32. The first-order valence-corrected chi connectivity index (χ1v) is 45.7. The molecule has 0 fully saturated rings. The number of phosphoric acid groups is 2. The van der Waals surface area contributed by atoms with Gasteiger partial charge in [-0.2, -0.15) is 0 Å². The van der Waals surface area contributed by atoms with Crippen molar-refractivity contribution in [1.29, 1.82) is 0 Å². The summed E-state index contributed by atoms with van der Waals surface area (Å²) in [6.07, 6.45) is 66.4. The third-order valence-electron chi connectivity index (χ3n) is 19.6. The number of phosphoric ester groups is 2. The highest BCUT2D eigenvalue weighted by Crippen LogP contribution is 2.45. The summed E-state index contributed by atoms with van der Waals surface area (Å²) in [6.45, 7) is 7.35. The summed E-state index contributed by atoms with van der Waals surface area (Å²) in [6, 6.07) is 0. The van der Waals surface area contributed by atoms with Gasteiger partial charge >= 0.3 is 39.5 Å². The maximum absolute atomic E-state index is 13.1. The van der Waals surface area contributed by atoms with E-state index in [1.807, 2.05) is 0 Å². The first kappa shape index (κ1) is 99.1. The van der Waals surface area contributed by atoms with Crippen LogP contribution in [0.2, 0.25) is 0 Å². The van der Waals surface area contributed by atoms with Gasteiger partial charge in [0.2, 0.25) is 0 Å². The molecular formula is C82H160O17P2. The van der Waals surface area contributed by atoms with Crippen molar-refractivity contribution in [2.24, 2.45) is 5.92 Å². The molecule has 17 nitrogen and oxygen atoms in total. The van der Waals surface area contributed by atoms with Gasteiger partial charge < -0.3 is 33.8 Å². The van der Waals surface area contributed by atoms with E-state index in [2.05, 4.69) is 34.6 Å². The molecule has 3 unspecified atom stereocenters. The van der Waals surface area contributed by atoms with Crippen LogP contribution < -0.4 is 0 Å². The highest BCUT2D eigenvalue weighted by molar-refractivity contribution is 7.47. The predicted octanol–water partition coefficient (Wildman–Crippen LogP) is 24.8. The van der Waals surface area contributed by atoms with Gasteiger partial charge in [-0.05, 0) is 31.6 Å². The smallest absolute Gasteiger partial charge is 0.462 e. The van der Waals surface area contributed by atoms with E-state index in [4.69, 9.17) is 37.0 Å². The highest BCUT2D eigenvalue weighted by atomic mass is 31.2. The number of carbonyl (C=O) groups is 4. The number of hydrogen-bond donors (Lipinski definition) is 3. The SMILES string of the molecule is CCCCCCCCCCCCCCCCCCCC(=O)OC[C@H](COP(=O)(O)OC[C@@H](O)COP(=O)(O)OC[C@@H](COC(=O)CCCCCCCCCCC(C)CC)OC(=O)CCCCCCCCCCCCCCCCC)OC(=O)CCCCCCCCCCCCCCCCCCC. The molecule has 0 heterocycles. The van der Waals surface area contributed by atoms with Crippen molar-refractivity contribution >= 4 is 39.5 Å². The van der Waals surface area contributed by atoms with Gasteiger partial charge in [-0.25, -0.2) is 9.13 Å². The largest absolute Gasteiger partial charge is 0.472 e. The Morgan fingerprint density at radius 3 is 0.703 bits per heavy atom. The number of unbranched alkanes of at least 4 members (excludes halogenated alkanes) is 53. The predicted molar refractivity (Wildman–Crippen MR) is 414 cm³/mol. The molecule has 0 aliphatic heterocycles. The average molecular weight is 1480 g/mol. The first-order chi connectivity index (χ1) is 49.1. The molecule has 0 amide bonds. The fraction of sp³-hybridized carbons (Fsp3) is 0.951. The lowest BCUT2D eigenvalue weighted by atomic mass is 9.99. The van der Waals surface area contributed by atoms with E-state index in [0.29, 0.717) is 25.7 Å². The topological polar surface area (TPSA) is 237 Å². The Kier molecular flexibility index (Phi) is 73.5. The molecule has 0 saturated carbocycles. The third kappa shape index (κ3) is 74.7. The second-order valence-corrected chi connectivity index (χ2v) is 32.7. The fourth-order valence-electron chi connectivity index (χ4n) is 12.7. The van der Waals surface area contributed by atoms with E-state index in [0.717, 1.165) is 95.8 Å². The molecule has 0 radical (unpaired) electrons. The van der Waals surface area contributed by atoms with Crippen LogP contribution in [0.5, 0.6) is 0 Å².